The Morgan fingerprint density at radius 3 is 2.34 bits per heavy atom. The monoisotopic (exact) mass is 431 g/mol. The van der Waals surface area contributed by atoms with Crippen LogP contribution in [0.2, 0.25) is 5.02 Å². The van der Waals surface area contributed by atoms with Gasteiger partial charge in [0.1, 0.15) is 0 Å². The number of benzene rings is 2. The molecular formula is C24H30ClNO2S. The molecule has 0 radical (unpaired) electrons. The third-order valence-electron chi connectivity index (χ3n) is 6.96. The first-order valence-electron chi connectivity index (χ1n) is 10.6. The van der Waals surface area contributed by atoms with Crippen molar-refractivity contribution in [2.45, 2.75) is 61.1 Å². The summed E-state index contributed by atoms with van der Waals surface area (Å²) in [5.41, 5.74) is 1.48. The number of fused-ring (bicyclic) bond motifs is 2. The summed E-state index contributed by atoms with van der Waals surface area (Å²) in [5.74, 6) is 1.44. The molecule has 156 valence electrons. The van der Waals surface area contributed by atoms with Crippen molar-refractivity contribution < 1.29 is 8.42 Å². The third-order valence-corrected chi connectivity index (χ3v) is 9.76. The lowest BCUT2D eigenvalue weighted by Crippen LogP contribution is -2.37. The summed E-state index contributed by atoms with van der Waals surface area (Å²) in [4.78, 5) is 2.95. The Hall–Kier alpha value is -1.36. The Kier molecular flexibility index (Phi) is 5.80. The summed E-state index contributed by atoms with van der Waals surface area (Å²) in [5, 5.41) is 0.555. The molecule has 2 aliphatic rings. The van der Waals surface area contributed by atoms with Crippen LogP contribution >= 0.6 is 11.6 Å². The smallest absolute Gasteiger partial charge is 0.183 e. The van der Waals surface area contributed by atoms with E-state index in [0.717, 1.165) is 25.4 Å². The van der Waals surface area contributed by atoms with Gasteiger partial charge in [0.15, 0.2) is 9.84 Å². The van der Waals surface area contributed by atoms with E-state index in [1.807, 2.05) is 13.8 Å². The predicted molar refractivity (Wildman–Crippen MR) is 119 cm³/mol. The van der Waals surface area contributed by atoms with Gasteiger partial charge in [-0.25, -0.2) is 8.42 Å². The predicted octanol–water partition coefficient (Wildman–Crippen LogP) is 5.55. The molecule has 2 bridgehead atoms. The van der Waals surface area contributed by atoms with Gasteiger partial charge in [-0.1, -0.05) is 41.9 Å². The van der Waals surface area contributed by atoms with Gasteiger partial charge in [0.25, 0.3) is 0 Å². The third kappa shape index (κ3) is 4.12. The Morgan fingerprint density at radius 1 is 1.03 bits per heavy atom. The van der Waals surface area contributed by atoms with Crippen molar-refractivity contribution in [3.8, 4) is 0 Å². The molecule has 2 aromatic carbocycles. The first-order chi connectivity index (χ1) is 13.8. The van der Waals surface area contributed by atoms with E-state index in [1.165, 1.54) is 18.4 Å². The summed E-state index contributed by atoms with van der Waals surface area (Å²) in [6, 6.07) is 18.1. The second kappa shape index (κ2) is 8.05. The summed E-state index contributed by atoms with van der Waals surface area (Å²) in [6.45, 7) is 5.83. The van der Waals surface area contributed by atoms with Crippen molar-refractivity contribution in [3.05, 3.63) is 65.2 Å². The lowest BCUT2D eigenvalue weighted by Gasteiger charge is -2.33. The molecule has 1 aliphatic heterocycles. The molecule has 1 saturated carbocycles. The van der Waals surface area contributed by atoms with Crippen LogP contribution in [-0.4, -0.2) is 37.2 Å². The molecule has 5 heteroatoms. The van der Waals surface area contributed by atoms with Crippen molar-refractivity contribution in [2.75, 3.05) is 13.1 Å². The highest BCUT2D eigenvalue weighted by Crippen LogP contribution is 2.47. The van der Waals surface area contributed by atoms with E-state index in [2.05, 4.69) is 35.2 Å². The number of rotatable bonds is 7. The zero-order valence-corrected chi connectivity index (χ0v) is 18.8. The van der Waals surface area contributed by atoms with Gasteiger partial charge >= 0.3 is 0 Å². The minimum Gasteiger partial charge on any atom is -0.300 e. The van der Waals surface area contributed by atoms with Crippen LogP contribution in [0.3, 0.4) is 0 Å². The largest absolute Gasteiger partial charge is 0.300 e. The average molecular weight is 432 g/mol. The second-order valence-corrected chi connectivity index (χ2v) is 12.2. The van der Waals surface area contributed by atoms with Gasteiger partial charge in [0.2, 0.25) is 0 Å². The van der Waals surface area contributed by atoms with E-state index in [1.54, 1.807) is 24.3 Å². The molecule has 0 aromatic heterocycles. The van der Waals surface area contributed by atoms with Crippen LogP contribution in [0.25, 0.3) is 0 Å². The molecule has 3 nitrogen and oxygen atoms in total. The van der Waals surface area contributed by atoms with Gasteiger partial charge in [-0.15, -0.1) is 0 Å². The van der Waals surface area contributed by atoms with Crippen LogP contribution in [0, 0.1) is 5.92 Å². The molecule has 29 heavy (non-hydrogen) atoms. The zero-order valence-electron chi connectivity index (χ0n) is 17.2. The molecular weight excluding hydrogens is 402 g/mol. The topological polar surface area (TPSA) is 37.4 Å². The normalized spacial score (nSPS) is 24.9. The highest BCUT2D eigenvalue weighted by atomic mass is 35.5. The molecule has 1 heterocycles. The molecule has 1 aliphatic carbocycles. The standard InChI is InChI=1S/C24H30ClNO2S/c1-24(2,29(27,28)22-11-9-20(25)10-12-22)13-6-14-26-17-19-15-21(26)16-23(19)18-7-4-3-5-8-18/h3-5,7-12,19,21,23H,6,13-17H2,1-2H3/t19-,21-,23-/m1/s1. The van der Waals surface area contributed by atoms with Gasteiger partial charge in [0, 0.05) is 17.6 Å². The van der Waals surface area contributed by atoms with Gasteiger partial charge in [-0.05, 0) is 87.7 Å². The van der Waals surface area contributed by atoms with E-state index >= 15 is 0 Å². The number of likely N-dealkylation sites (tertiary alicyclic amines) is 1. The molecule has 0 N–H and O–H groups in total. The number of hydrogen-bond donors (Lipinski definition) is 0. The van der Waals surface area contributed by atoms with Gasteiger partial charge in [-0.2, -0.15) is 0 Å². The van der Waals surface area contributed by atoms with Crippen LogP contribution in [0.4, 0.5) is 0 Å². The highest BCUT2D eigenvalue weighted by Gasteiger charge is 2.45. The lowest BCUT2D eigenvalue weighted by atomic mass is 9.87. The first-order valence-corrected chi connectivity index (χ1v) is 12.4. The Labute approximate surface area is 180 Å². The van der Waals surface area contributed by atoms with Crippen molar-refractivity contribution in [1.29, 1.82) is 0 Å². The van der Waals surface area contributed by atoms with E-state index < -0.39 is 14.6 Å². The number of hydrogen-bond acceptors (Lipinski definition) is 3. The number of piperidine rings is 1. The molecule has 2 aromatic rings. The molecule has 3 atom stereocenters. The Morgan fingerprint density at radius 2 is 1.72 bits per heavy atom. The minimum atomic E-state index is -3.38. The molecule has 1 saturated heterocycles. The van der Waals surface area contributed by atoms with E-state index in [9.17, 15) is 8.42 Å². The van der Waals surface area contributed by atoms with Crippen molar-refractivity contribution >= 4 is 21.4 Å². The number of halogens is 1. The van der Waals surface area contributed by atoms with Crippen molar-refractivity contribution in [3.63, 3.8) is 0 Å². The fourth-order valence-corrected chi connectivity index (χ4v) is 6.87. The molecule has 0 spiro atoms. The summed E-state index contributed by atoms with van der Waals surface area (Å²) in [7, 11) is -3.38. The van der Waals surface area contributed by atoms with Crippen LogP contribution in [0.1, 0.15) is 51.0 Å². The molecule has 0 unspecified atom stereocenters. The van der Waals surface area contributed by atoms with Gasteiger partial charge in [-0.3, -0.25) is 0 Å². The summed E-state index contributed by atoms with van der Waals surface area (Å²) in [6.07, 6.45) is 4.08. The molecule has 0 amide bonds. The van der Waals surface area contributed by atoms with Crippen molar-refractivity contribution in [2.24, 2.45) is 5.92 Å². The lowest BCUT2D eigenvalue weighted by molar-refractivity contribution is 0.194. The average Bonchev–Trinajstić information content (AvgIpc) is 3.29. The van der Waals surface area contributed by atoms with Crippen molar-refractivity contribution in [1.82, 2.24) is 4.90 Å². The summed E-state index contributed by atoms with van der Waals surface area (Å²) >= 11 is 5.91. The van der Waals surface area contributed by atoms with Gasteiger partial charge in [0.05, 0.1) is 9.64 Å². The maximum Gasteiger partial charge on any atom is 0.183 e. The maximum atomic E-state index is 13.1. The fraction of sp³-hybridized carbons (Fsp3) is 0.500. The quantitative estimate of drug-likeness (QED) is 0.576. The fourth-order valence-electron chi connectivity index (χ4n) is 5.20. The number of sulfone groups is 1. The van der Waals surface area contributed by atoms with E-state index in [4.69, 9.17) is 11.6 Å². The maximum absolute atomic E-state index is 13.1. The van der Waals surface area contributed by atoms with Crippen LogP contribution in [0.5, 0.6) is 0 Å². The van der Waals surface area contributed by atoms with Crippen LogP contribution < -0.4 is 0 Å². The van der Waals surface area contributed by atoms with Gasteiger partial charge < -0.3 is 4.90 Å². The molecule has 4 rings (SSSR count). The zero-order chi connectivity index (χ0) is 20.6. The first kappa shape index (κ1) is 20.9. The molecule has 2 fully saturated rings. The Bertz CT molecular complexity index is 941. The highest BCUT2D eigenvalue weighted by molar-refractivity contribution is 7.92. The van der Waals surface area contributed by atoms with E-state index in [-0.39, 0.29) is 0 Å². The second-order valence-electron chi connectivity index (χ2n) is 9.22. The Balaban J connectivity index is 1.32. The minimum absolute atomic E-state index is 0.359. The van der Waals surface area contributed by atoms with Crippen LogP contribution in [-0.2, 0) is 9.84 Å². The van der Waals surface area contributed by atoms with Crippen LogP contribution in [0.15, 0.2) is 59.5 Å². The van der Waals surface area contributed by atoms with E-state index in [0.29, 0.717) is 28.3 Å². The summed E-state index contributed by atoms with van der Waals surface area (Å²) < 4.78 is 25.3. The SMILES string of the molecule is CC(C)(CCCN1C[C@H]2C[C@@H]1C[C@@H]2c1ccccc1)S(=O)(=O)c1ccc(Cl)cc1. The number of nitrogens with zero attached hydrogens (tertiary/aromatic N) is 1.